The lowest BCUT2D eigenvalue weighted by molar-refractivity contribution is -0.677. The maximum atomic E-state index is 3.30. The van der Waals surface area contributed by atoms with Gasteiger partial charge in [0.15, 0.2) is 0 Å². The Morgan fingerprint density at radius 3 is 2.11 bits per heavy atom. The second kappa shape index (κ2) is 11.3. The van der Waals surface area contributed by atoms with Crippen molar-refractivity contribution in [2.24, 2.45) is 13.0 Å². The van der Waals surface area contributed by atoms with Gasteiger partial charge in [-0.1, -0.05) is 58.8 Å². The molecule has 1 N–H and O–H groups in total. The van der Waals surface area contributed by atoms with Gasteiger partial charge in [0, 0.05) is 6.42 Å². The first-order chi connectivity index (χ1) is 8.70. The zero-order valence-electron chi connectivity index (χ0n) is 12.9. The molecular formula is C16H31ClN2. The van der Waals surface area contributed by atoms with E-state index in [9.17, 15) is 0 Å². The number of halogens is 1. The Hall–Kier alpha value is -0.500. The quantitative estimate of drug-likeness (QED) is 0.492. The fraction of sp³-hybridized carbons (Fsp3) is 0.812. The van der Waals surface area contributed by atoms with Crippen LogP contribution in [-0.4, -0.2) is 4.98 Å². The lowest BCUT2D eigenvalue weighted by atomic mass is 10.0. The Morgan fingerprint density at radius 2 is 1.58 bits per heavy atom. The minimum absolute atomic E-state index is 0. The van der Waals surface area contributed by atoms with Gasteiger partial charge in [-0.05, 0) is 12.3 Å². The van der Waals surface area contributed by atoms with Crippen LogP contribution in [0.3, 0.4) is 0 Å². The number of unbranched alkanes of at least 4 members (excludes halogenated alkanes) is 6. The second-order valence-electron chi connectivity index (χ2n) is 5.93. The smallest absolute Gasteiger partial charge is 0.253 e. The Kier molecular flexibility index (Phi) is 11.0. The highest BCUT2D eigenvalue weighted by Crippen LogP contribution is 2.12. The molecule has 112 valence electrons. The van der Waals surface area contributed by atoms with Crippen molar-refractivity contribution < 1.29 is 17.0 Å². The van der Waals surface area contributed by atoms with Crippen molar-refractivity contribution in [2.75, 3.05) is 0 Å². The fourth-order valence-electron chi connectivity index (χ4n) is 2.41. The Morgan fingerprint density at radius 1 is 1.00 bits per heavy atom. The third-order valence-electron chi connectivity index (χ3n) is 3.67. The largest absolute Gasteiger partial charge is 1.00 e. The van der Waals surface area contributed by atoms with Gasteiger partial charge in [0.2, 0.25) is 0 Å². The average Bonchev–Trinajstić information content (AvgIpc) is 2.72. The summed E-state index contributed by atoms with van der Waals surface area (Å²) in [5, 5.41) is 0. The van der Waals surface area contributed by atoms with Crippen LogP contribution in [0, 0.1) is 5.92 Å². The van der Waals surface area contributed by atoms with E-state index in [1.54, 1.807) is 0 Å². The predicted molar refractivity (Wildman–Crippen MR) is 77.4 cm³/mol. The van der Waals surface area contributed by atoms with Crippen LogP contribution in [0.1, 0.15) is 71.0 Å². The number of nitrogens with one attached hydrogen (secondary N) is 1. The molecule has 3 heteroatoms. The minimum atomic E-state index is 0. The number of imidazole rings is 1. The lowest BCUT2D eigenvalue weighted by Crippen LogP contribution is -3.00. The zero-order valence-corrected chi connectivity index (χ0v) is 13.7. The highest BCUT2D eigenvalue weighted by molar-refractivity contribution is 4.76. The third kappa shape index (κ3) is 9.10. The van der Waals surface area contributed by atoms with Gasteiger partial charge < -0.3 is 12.4 Å². The minimum Gasteiger partial charge on any atom is -1.00 e. The molecule has 0 atom stereocenters. The normalized spacial score (nSPS) is 10.7. The highest BCUT2D eigenvalue weighted by Gasteiger charge is 2.04. The molecule has 0 aliphatic heterocycles. The van der Waals surface area contributed by atoms with Crippen LogP contribution >= 0.6 is 0 Å². The van der Waals surface area contributed by atoms with Gasteiger partial charge in [0.25, 0.3) is 5.82 Å². The van der Waals surface area contributed by atoms with E-state index in [0.29, 0.717) is 0 Å². The van der Waals surface area contributed by atoms with E-state index < -0.39 is 0 Å². The molecule has 0 bridgehead atoms. The molecule has 0 aliphatic rings. The summed E-state index contributed by atoms with van der Waals surface area (Å²) in [6.45, 7) is 4.64. The Balaban J connectivity index is 0.00000324. The number of aromatic amines is 1. The van der Waals surface area contributed by atoms with Crippen LogP contribution in [0.4, 0.5) is 0 Å². The molecule has 0 saturated carbocycles. The monoisotopic (exact) mass is 286 g/mol. The molecule has 19 heavy (non-hydrogen) atoms. The molecule has 0 aliphatic carbocycles. The standard InChI is InChI=1S/C16H30N2.ClH/c1-15(2)11-9-7-5-4-6-8-10-12-16-17-13-14-18(16)3;/h13-15H,4-12H2,1-3H3;1H. The summed E-state index contributed by atoms with van der Waals surface area (Å²) in [6, 6.07) is 0. The Labute approximate surface area is 125 Å². The van der Waals surface area contributed by atoms with Crippen molar-refractivity contribution in [1.82, 2.24) is 4.98 Å². The van der Waals surface area contributed by atoms with Crippen LogP contribution in [0.2, 0.25) is 0 Å². The summed E-state index contributed by atoms with van der Waals surface area (Å²) in [6.07, 6.45) is 16.5. The average molecular weight is 287 g/mol. The third-order valence-corrected chi connectivity index (χ3v) is 3.67. The van der Waals surface area contributed by atoms with Gasteiger partial charge in [0.05, 0.1) is 7.05 Å². The first-order valence-electron chi connectivity index (χ1n) is 7.72. The highest BCUT2D eigenvalue weighted by atomic mass is 35.5. The summed E-state index contributed by atoms with van der Waals surface area (Å²) in [5.41, 5.74) is 0. The van der Waals surface area contributed by atoms with Gasteiger partial charge in [-0.25, -0.2) is 9.55 Å². The molecule has 0 amide bonds. The van der Waals surface area contributed by atoms with E-state index in [1.807, 2.05) is 6.20 Å². The van der Waals surface area contributed by atoms with E-state index in [4.69, 9.17) is 0 Å². The van der Waals surface area contributed by atoms with Crippen LogP contribution in [0.15, 0.2) is 12.4 Å². The predicted octanol–water partition coefficient (Wildman–Crippen LogP) is 1.16. The van der Waals surface area contributed by atoms with Gasteiger partial charge in [-0.15, -0.1) is 0 Å². The summed E-state index contributed by atoms with van der Waals surface area (Å²) in [4.78, 5) is 3.30. The molecule has 0 saturated heterocycles. The molecule has 2 nitrogen and oxygen atoms in total. The van der Waals surface area contributed by atoms with Gasteiger partial charge in [0.1, 0.15) is 12.4 Å². The first kappa shape index (κ1) is 18.5. The van der Waals surface area contributed by atoms with Crippen LogP contribution in [-0.2, 0) is 13.5 Å². The molecule has 1 aromatic heterocycles. The first-order valence-corrected chi connectivity index (χ1v) is 7.72. The van der Waals surface area contributed by atoms with E-state index in [2.05, 4.69) is 36.6 Å². The van der Waals surface area contributed by atoms with Gasteiger partial charge in [-0.2, -0.15) is 0 Å². The summed E-state index contributed by atoms with van der Waals surface area (Å²) in [5.74, 6) is 2.23. The molecule has 0 spiro atoms. The van der Waals surface area contributed by atoms with Gasteiger partial charge >= 0.3 is 0 Å². The Bertz CT molecular complexity index is 307. The van der Waals surface area contributed by atoms with Crippen molar-refractivity contribution in [1.29, 1.82) is 0 Å². The van der Waals surface area contributed by atoms with Crippen molar-refractivity contribution >= 4 is 0 Å². The van der Waals surface area contributed by atoms with Crippen molar-refractivity contribution in [3.63, 3.8) is 0 Å². The molecule has 1 heterocycles. The number of hydrogen-bond acceptors (Lipinski definition) is 0. The number of H-pyrrole nitrogens is 1. The van der Waals surface area contributed by atoms with E-state index in [-0.39, 0.29) is 12.4 Å². The molecule has 1 aromatic rings. The molecule has 0 aromatic carbocycles. The number of aromatic nitrogens is 2. The van der Waals surface area contributed by atoms with Crippen LogP contribution in [0.25, 0.3) is 0 Å². The van der Waals surface area contributed by atoms with Crippen molar-refractivity contribution in [2.45, 2.75) is 71.6 Å². The molecule has 0 unspecified atom stereocenters. The van der Waals surface area contributed by atoms with E-state index >= 15 is 0 Å². The van der Waals surface area contributed by atoms with Crippen molar-refractivity contribution in [3.8, 4) is 0 Å². The second-order valence-corrected chi connectivity index (χ2v) is 5.93. The summed E-state index contributed by atoms with van der Waals surface area (Å²) < 4.78 is 2.19. The fourth-order valence-corrected chi connectivity index (χ4v) is 2.41. The molecule has 0 radical (unpaired) electrons. The molecule has 0 fully saturated rings. The molecule has 1 rings (SSSR count). The van der Waals surface area contributed by atoms with E-state index in [1.165, 1.54) is 63.6 Å². The van der Waals surface area contributed by atoms with Crippen LogP contribution in [0.5, 0.6) is 0 Å². The molecular weight excluding hydrogens is 256 g/mol. The summed E-state index contributed by atoms with van der Waals surface area (Å²) in [7, 11) is 2.11. The number of nitrogens with zero attached hydrogens (tertiary/aromatic N) is 1. The number of rotatable bonds is 10. The summed E-state index contributed by atoms with van der Waals surface area (Å²) >= 11 is 0. The van der Waals surface area contributed by atoms with Crippen LogP contribution < -0.4 is 17.0 Å². The lowest BCUT2D eigenvalue weighted by Gasteiger charge is -2.04. The zero-order chi connectivity index (χ0) is 13.2. The van der Waals surface area contributed by atoms with Crippen molar-refractivity contribution in [3.05, 3.63) is 18.2 Å². The maximum absolute atomic E-state index is 3.30. The van der Waals surface area contributed by atoms with E-state index in [0.717, 1.165) is 5.92 Å². The van der Waals surface area contributed by atoms with Gasteiger partial charge in [-0.3, -0.25) is 0 Å². The number of aryl methyl sites for hydroxylation is 2. The SMILES string of the molecule is CC(C)CCCCCCCCCc1[nH]cc[n+]1C.[Cl-]. The maximum Gasteiger partial charge on any atom is 0.253 e. The topological polar surface area (TPSA) is 19.7 Å². The number of hydrogen-bond donors (Lipinski definition) is 1.